The number of anilines is 2. The highest BCUT2D eigenvalue weighted by atomic mass is 16.2. The van der Waals surface area contributed by atoms with Gasteiger partial charge in [0.15, 0.2) is 0 Å². The quantitative estimate of drug-likeness (QED) is 0.579. The van der Waals surface area contributed by atoms with Crippen molar-refractivity contribution in [1.82, 2.24) is 19.4 Å². The van der Waals surface area contributed by atoms with E-state index in [0.717, 1.165) is 34.8 Å². The molecule has 0 atom stereocenters. The molecule has 1 aromatic carbocycles. The van der Waals surface area contributed by atoms with Gasteiger partial charge in [0.2, 0.25) is 0 Å². The predicted molar refractivity (Wildman–Crippen MR) is 112 cm³/mol. The number of hydrazone groups is 1. The molecule has 7 heteroatoms. The van der Waals surface area contributed by atoms with Gasteiger partial charge in [-0.05, 0) is 48.5 Å². The topological polar surface area (TPSA) is 74.9 Å². The molecule has 7 nitrogen and oxygen atoms in total. The molecule has 142 valence electrons. The molecular formula is C22H18N6O. The highest BCUT2D eigenvalue weighted by Gasteiger charge is 2.17. The van der Waals surface area contributed by atoms with Gasteiger partial charge in [-0.2, -0.15) is 5.10 Å². The average molecular weight is 382 g/mol. The van der Waals surface area contributed by atoms with Crippen LogP contribution in [-0.2, 0) is 0 Å². The molecule has 1 amide bonds. The van der Waals surface area contributed by atoms with Gasteiger partial charge in [0, 0.05) is 48.4 Å². The van der Waals surface area contributed by atoms with Crippen LogP contribution in [0.2, 0.25) is 0 Å². The number of hydrogen-bond acceptors (Lipinski definition) is 5. The molecule has 0 bridgehead atoms. The smallest absolute Gasteiger partial charge is 0.273 e. The lowest BCUT2D eigenvalue weighted by molar-refractivity contribution is 0.0778. The molecule has 4 heterocycles. The fraction of sp³-hybridized carbons (Fsp3) is 0.0909. The Labute approximate surface area is 167 Å². The third-order valence-electron chi connectivity index (χ3n) is 4.80. The molecule has 0 spiro atoms. The Bertz CT molecular complexity index is 1210. The molecule has 29 heavy (non-hydrogen) atoms. The first-order valence-electron chi connectivity index (χ1n) is 9.38. The number of nitrogens with one attached hydrogen (secondary N) is 1. The van der Waals surface area contributed by atoms with Gasteiger partial charge in [-0.15, -0.1) is 0 Å². The summed E-state index contributed by atoms with van der Waals surface area (Å²) in [5, 5.41) is 8.87. The zero-order valence-corrected chi connectivity index (χ0v) is 15.6. The van der Waals surface area contributed by atoms with Gasteiger partial charge in [-0.25, -0.2) is 15.0 Å². The van der Waals surface area contributed by atoms with Crippen molar-refractivity contribution in [3.8, 4) is 11.3 Å². The molecular weight excluding hydrogens is 364 g/mol. The number of nitrogens with zero attached hydrogens (tertiary/aromatic N) is 5. The minimum Gasteiger partial charge on any atom is -0.340 e. The molecule has 0 radical (unpaired) electrons. The molecule has 0 fully saturated rings. The Morgan fingerprint density at radius 2 is 1.93 bits per heavy atom. The Kier molecular flexibility index (Phi) is 4.25. The maximum atomic E-state index is 12.4. The van der Waals surface area contributed by atoms with Crippen LogP contribution in [0.4, 0.5) is 11.5 Å². The van der Waals surface area contributed by atoms with Crippen molar-refractivity contribution in [2.45, 2.75) is 6.42 Å². The normalized spacial score (nSPS) is 13.2. The number of imidazole rings is 1. The van der Waals surface area contributed by atoms with Crippen LogP contribution in [0.25, 0.3) is 16.9 Å². The standard InChI is InChI=1S/C22H18N6O/c29-22(28-13-3-10-25-28)16-5-7-18(8-6-16)26-20-14-17(9-11-23-20)19-15-24-21-4-1-2-12-27(19)21/h1-2,4-12,14-15H,3,13H2,(H,23,26). The summed E-state index contributed by atoms with van der Waals surface area (Å²) in [4.78, 5) is 21.2. The van der Waals surface area contributed by atoms with Crippen LogP contribution in [0, 0.1) is 0 Å². The summed E-state index contributed by atoms with van der Waals surface area (Å²) >= 11 is 0. The highest BCUT2D eigenvalue weighted by molar-refractivity contribution is 5.95. The van der Waals surface area contributed by atoms with Gasteiger partial charge < -0.3 is 5.32 Å². The lowest BCUT2D eigenvalue weighted by atomic mass is 10.1. The molecule has 0 saturated carbocycles. The average Bonchev–Trinajstić information content (AvgIpc) is 3.44. The minimum atomic E-state index is -0.0852. The van der Waals surface area contributed by atoms with E-state index in [1.165, 1.54) is 5.01 Å². The van der Waals surface area contributed by atoms with E-state index in [-0.39, 0.29) is 5.91 Å². The Morgan fingerprint density at radius 1 is 1.03 bits per heavy atom. The first-order valence-corrected chi connectivity index (χ1v) is 9.38. The number of hydrogen-bond donors (Lipinski definition) is 1. The molecule has 0 aliphatic carbocycles. The lowest BCUT2D eigenvalue weighted by Crippen LogP contribution is -2.23. The van der Waals surface area contributed by atoms with Gasteiger partial charge in [0.05, 0.1) is 11.9 Å². The van der Waals surface area contributed by atoms with Crippen LogP contribution in [0.1, 0.15) is 16.8 Å². The van der Waals surface area contributed by atoms with Gasteiger partial charge in [0.1, 0.15) is 11.5 Å². The van der Waals surface area contributed by atoms with Crippen molar-refractivity contribution < 1.29 is 4.79 Å². The number of fused-ring (bicyclic) bond motifs is 1. The second-order valence-corrected chi connectivity index (χ2v) is 6.72. The third kappa shape index (κ3) is 3.34. The van der Waals surface area contributed by atoms with E-state index in [9.17, 15) is 4.79 Å². The molecule has 4 aromatic rings. The molecule has 0 saturated heterocycles. The highest BCUT2D eigenvalue weighted by Crippen LogP contribution is 2.24. The number of rotatable bonds is 4. The van der Waals surface area contributed by atoms with E-state index in [1.54, 1.807) is 24.5 Å². The Hall–Kier alpha value is -4.00. The summed E-state index contributed by atoms with van der Waals surface area (Å²) in [5.74, 6) is 0.634. The third-order valence-corrected chi connectivity index (χ3v) is 4.80. The molecule has 1 N–H and O–H groups in total. The summed E-state index contributed by atoms with van der Waals surface area (Å²) in [6.07, 6.45) is 8.18. The van der Waals surface area contributed by atoms with Gasteiger partial charge in [-0.3, -0.25) is 9.20 Å². The van der Waals surface area contributed by atoms with Crippen molar-refractivity contribution in [1.29, 1.82) is 0 Å². The summed E-state index contributed by atoms with van der Waals surface area (Å²) in [6.45, 7) is 0.638. The fourth-order valence-electron chi connectivity index (χ4n) is 3.35. The van der Waals surface area contributed by atoms with Crippen molar-refractivity contribution in [2.75, 3.05) is 11.9 Å². The fourth-order valence-corrected chi connectivity index (χ4v) is 3.35. The number of carbonyl (C=O) groups excluding carboxylic acids is 1. The van der Waals surface area contributed by atoms with Crippen LogP contribution >= 0.6 is 0 Å². The number of carbonyl (C=O) groups is 1. The SMILES string of the molecule is O=C(c1ccc(Nc2cc(-c3cnc4ccccn34)ccn2)cc1)N1CCC=N1. The number of pyridine rings is 2. The van der Waals surface area contributed by atoms with E-state index in [4.69, 9.17) is 0 Å². The zero-order chi connectivity index (χ0) is 19.6. The first-order chi connectivity index (χ1) is 14.3. The van der Waals surface area contributed by atoms with E-state index in [0.29, 0.717) is 12.1 Å². The van der Waals surface area contributed by atoms with Crippen molar-refractivity contribution in [3.63, 3.8) is 0 Å². The second kappa shape index (κ2) is 7.20. The second-order valence-electron chi connectivity index (χ2n) is 6.72. The van der Waals surface area contributed by atoms with Gasteiger partial charge >= 0.3 is 0 Å². The molecule has 1 aliphatic rings. The molecule has 1 aliphatic heterocycles. The van der Waals surface area contributed by atoms with Crippen LogP contribution in [0.3, 0.4) is 0 Å². The van der Waals surface area contributed by atoms with E-state index in [2.05, 4.69) is 20.4 Å². The monoisotopic (exact) mass is 382 g/mol. The molecule has 3 aromatic heterocycles. The predicted octanol–water partition coefficient (Wildman–Crippen LogP) is 3.97. The summed E-state index contributed by atoms with van der Waals surface area (Å²) in [6, 6.07) is 17.2. The van der Waals surface area contributed by atoms with Crippen LogP contribution in [0.5, 0.6) is 0 Å². The van der Waals surface area contributed by atoms with Crippen LogP contribution < -0.4 is 5.32 Å². The zero-order valence-electron chi connectivity index (χ0n) is 15.6. The molecule has 5 rings (SSSR count). The van der Waals surface area contributed by atoms with E-state index in [1.807, 2.05) is 59.3 Å². The maximum Gasteiger partial charge on any atom is 0.273 e. The number of amides is 1. The van der Waals surface area contributed by atoms with Crippen LogP contribution in [0.15, 0.2) is 78.3 Å². The Balaban J connectivity index is 1.36. The summed E-state index contributed by atoms with van der Waals surface area (Å²) < 4.78 is 2.04. The number of aromatic nitrogens is 3. The summed E-state index contributed by atoms with van der Waals surface area (Å²) in [7, 11) is 0. The van der Waals surface area contributed by atoms with Gasteiger partial charge in [0.25, 0.3) is 5.91 Å². The number of benzene rings is 1. The summed E-state index contributed by atoms with van der Waals surface area (Å²) in [5.41, 5.74) is 4.38. The minimum absolute atomic E-state index is 0.0852. The van der Waals surface area contributed by atoms with E-state index < -0.39 is 0 Å². The first kappa shape index (κ1) is 17.1. The maximum absolute atomic E-state index is 12.4. The van der Waals surface area contributed by atoms with Gasteiger partial charge in [-0.1, -0.05) is 6.07 Å². The van der Waals surface area contributed by atoms with Crippen molar-refractivity contribution >= 4 is 29.3 Å². The molecule has 0 unspecified atom stereocenters. The van der Waals surface area contributed by atoms with Crippen LogP contribution in [-0.4, -0.2) is 38.0 Å². The van der Waals surface area contributed by atoms with Crippen molar-refractivity contribution in [2.24, 2.45) is 5.10 Å². The largest absolute Gasteiger partial charge is 0.340 e. The lowest BCUT2D eigenvalue weighted by Gasteiger charge is -2.12. The van der Waals surface area contributed by atoms with E-state index >= 15 is 0 Å². The Morgan fingerprint density at radius 3 is 2.76 bits per heavy atom. The van der Waals surface area contributed by atoms with Crippen molar-refractivity contribution in [3.05, 3.63) is 78.8 Å².